The first-order valence-corrected chi connectivity index (χ1v) is 7.42. The number of benzene rings is 1. The third kappa shape index (κ3) is 1.75. The molecule has 0 N–H and O–H groups in total. The van der Waals surface area contributed by atoms with Crippen molar-refractivity contribution >= 4 is 5.91 Å². The van der Waals surface area contributed by atoms with E-state index in [1.54, 1.807) is 7.11 Å². The minimum absolute atomic E-state index is 0.295. The van der Waals surface area contributed by atoms with E-state index in [0.29, 0.717) is 17.9 Å². The molecule has 1 saturated heterocycles. The van der Waals surface area contributed by atoms with Crippen LogP contribution >= 0.6 is 0 Å². The van der Waals surface area contributed by atoms with Crippen molar-refractivity contribution in [1.29, 1.82) is 0 Å². The molecule has 0 unspecified atom stereocenters. The van der Waals surface area contributed by atoms with Crippen molar-refractivity contribution in [3.8, 4) is 5.75 Å². The Bertz CT molecular complexity index is 552. The van der Waals surface area contributed by atoms with Crippen molar-refractivity contribution in [2.45, 2.75) is 44.6 Å². The van der Waals surface area contributed by atoms with Crippen LogP contribution in [0.1, 0.15) is 37.8 Å². The van der Waals surface area contributed by atoms with Crippen LogP contribution in [0.25, 0.3) is 0 Å². The molecule has 2 bridgehead atoms. The molecule has 0 saturated carbocycles. The number of carbonyl (C=O) groups is 1. The van der Waals surface area contributed by atoms with E-state index in [1.807, 2.05) is 18.0 Å². The molecular formula is C17H23NO2. The molecule has 1 heterocycles. The fraction of sp³-hybridized carbons (Fsp3) is 0.588. The van der Waals surface area contributed by atoms with Gasteiger partial charge in [-0.3, -0.25) is 4.79 Å². The molecule has 108 valence electrons. The second-order valence-electron chi connectivity index (χ2n) is 6.68. The Morgan fingerprint density at radius 2 is 2.20 bits per heavy atom. The minimum atomic E-state index is -0.324. The lowest BCUT2D eigenvalue weighted by atomic mass is 9.67. The lowest BCUT2D eigenvalue weighted by Crippen LogP contribution is -2.37. The fourth-order valence-corrected chi connectivity index (χ4v) is 4.10. The van der Waals surface area contributed by atoms with Crippen LogP contribution in [0, 0.1) is 5.92 Å². The summed E-state index contributed by atoms with van der Waals surface area (Å²) in [6.07, 6.45) is 2.86. The maximum Gasteiger partial charge on any atom is 0.233 e. The average Bonchev–Trinajstić information content (AvgIpc) is 2.61. The van der Waals surface area contributed by atoms with E-state index in [9.17, 15) is 4.79 Å². The molecule has 3 heteroatoms. The molecule has 2 atom stereocenters. The summed E-state index contributed by atoms with van der Waals surface area (Å²) in [6.45, 7) is 4.40. The Morgan fingerprint density at radius 1 is 1.45 bits per heavy atom. The number of methoxy groups -OCH3 is 1. The first-order chi connectivity index (χ1) is 9.48. The van der Waals surface area contributed by atoms with E-state index >= 15 is 0 Å². The highest BCUT2D eigenvalue weighted by molar-refractivity contribution is 5.92. The van der Waals surface area contributed by atoms with E-state index < -0.39 is 0 Å². The molecular weight excluding hydrogens is 250 g/mol. The van der Waals surface area contributed by atoms with Gasteiger partial charge in [0.05, 0.1) is 12.5 Å². The zero-order valence-electron chi connectivity index (χ0n) is 12.8. The number of hydrogen-bond donors (Lipinski definition) is 0. The van der Waals surface area contributed by atoms with Crippen molar-refractivity contribution in [2.75, 3.05) is 14.2 Å². The maximum absolute atomic E-state index is 12.9. The SMILES string of the molecule is COc1ccc2c(c1)[C@@]1(CC(C)C)C[C@@H](C2)N(C)C1=O. The zero-order chi connectivity index (χ0) is 14.5. The van der Waals surface area contributed by atoms with E-state index in [2.05, 4.69) is 26.0 Å². The molecule has 3 nitrogen and oxygen atoms in total. The number of likely N-dealkylation sites (tertiary alicyclic amines) is 1. The number of ether oxygens (including phenoxy) is 1. The molecule has 0 spiro atoms. The van der Waals surface area contributed by atoms with Gasteiger partial charge in [-0.1, -0.05) is 19.9 Å². The first-order valence-electron chi connectivity index (χ1n) is 7.42. The molecule has 20 heavy (non-hydrogen) atoms. The number of carbonyl (C=O) groups excluding carboxylic acids is 1. The van der Waals surface area contributed by atoms with Crippen molar-refractivity contribution in [3.05, 3.63) is 29.3 Å². The van der Waals surface area contributed by atoms with Crippen molar-refractivity contribution < 1.29 is 9.53 Å². The van der Waals surface area contributed by atoms with E-state index in [0.717, 1.165) is 25.0 Å². The van der Waals surface area contributed by atoms with Gasteiger partial charge in [-0.05, 0) is 48.4 Å². The summed E-state index contributed by atoms with van der Waals surface area (Å²) >= 11 is 0. The average molecular weight is 273 g/mol. The zero-order valence-corrected chi connectivity index (χ0v) is 12.8. The third-order valence-electron chi connectivity index (χ3n) is 4.91. The van der Waals surface area contributed by atoms with Gasteiger partial charge in [0.2, 0.25) is 5.91 Å². The highest BCUT2D eigenvalue weighted by atomic mass is 16.5. The molecule has 1 aliphatic carbocycles. The molecule has 0 aromatic heterocycles. The summed E-state index contributed by atoms with van der Waals surface area (Å²) in [6, 6.07) is 6.60. The predicted molar refractivity (Wildman–Crippen MR) is 79.0 cm³/mol. The quantitative estimate of drug-likeness (QED) is 0.847. The second-order valence-corrected chi connectivity index (χ2v) is 6.68. The van der Waals surface area contributed by atoms with Crippen molar-refractivity contribution in [3.63, 3.8) is 0 Å². The maximum atomic E-state index is 12.9. The molecule has 1 aromatic carbocycles. The summed E-state index contributed by atoms with van der Waals surface area (Å²) in [5.41, 5.74) is 2.20. The number of nitrogens with zero attached hydrogens (tertiary/aromatic N) is 1. The monoisotopic (exact) mass is 273 g/mol. The Balaban J connectivity index is 2.16. The van der Waals surface area contributed by atoms with Crippen LogP contribution in [0.5, 0.6) is 5.75 Å². The first kappa shape index (κ1) is 13.5. The predicted octanol–water partition coefficient (Wildman–Crippen LogP) is 2.77. The van der Waals surface area contributed by atoms with Crippen LogP contribution in [0.15, 0.2) is 18.2 Å². The number of hydrogen-bond acceptors (Lipinski definition) is 2. The molecule has 1 aromatic rings. The highest BCUT2D eigenvalue weighted by Crippen LogP contribution is 2.49. The van der Waals surface area contributed by atoms with Crippen LogP contribution < -0.4 is 4.74 Å². The summed E-state index contributed by atoms with van der Waals surface area (Å²) in [5, 5.41) is 0. The second kappa shape index (κ2) is 4.51. The number of rotatable bonds is 3. The van der Waals surface area contributed by atoms with Gasteiger partial charge < -0.3 is 9.64 Å². The molecule has 3 rings (SSSR count). The van der Waals surface area contributed by atoms with Gasteiger partial charge in [0, 0.05) is 13.1 Å². The molecule has 1 aliphatic heterocycles. The van der Waals surface area contributed by atoms with Gasteiger partial charge >= 0.3 is 0 Å². The van der Waals surface area contributed by atoms with Gasteiger partial charge in [-0.2, -0.15) is 0 Å². The van der Waals surface area contributed by atoms with Gasteiger partial charge in [0.25, 0.3) is 0 Å². The third-order valence-corrected chi connectivity index (χ3v) is 4.91. The summed E-state index contributed by atoms with van der Waals surface area (Å²) < 4.78 is 5.37. The summed E-state index contributed by atoms with van der Waals surface area (Å²) in [7, 11) is 3.64. The molecule has 1 amide bonds. The standard InChI is InChI=1S/C17H23NO2/c1-11(2)9-17-10-13(18(3)16(17)19)7-12-5-6-14(20-4)8-15(12)17/h5-6,8,11,13H,7,9-10H2,1-4H3/t13-,17-/m1/s1. The van der Waals surface area contributed by atoms with Gasteiger partial charge in [-0.25, -0.2) is 0 Å². The van der Waals surface area contributed by atoms with Gasteiger partial charge in [-0.15, -0.1) is 0 Å². The Hall–Kier alpha value is -1.51. The normalized spacial score (nSPS) is 27.9. The Kier molecular flexibility index (Phi) is 3.03. The number of fused-ring (bicyclic) bond motifs is 4. The smallest absolute Gasteiger partial charge is 0.233 e. The highest BCUT2D eigenvalue weighted by Gasteiger charge is 2.55. The summed E-state index contributed by atoms with van der Waals surface area (Å²) in [4.78, 5) is 14.9. The topological polar surface area (TPSA) is 29.5 Å². The molecule has 1 fully saturated rings. The van der Waals surface area contributed by atoms with Crippen LogP contribution in [0.4, 0.5) is 0 Å². The molecule has 0 radical (unpaired) electrons. The van der Waals surface area contributed by atoms with Crippen LogP contribution in [-0.4, -0.2) is 31.0 Å². The van der Waals surface area contributed by atoms with Gasteiger partial charge in [0.15, 0.2) is 0 Å². The Morgan fingerprint density at radius 3 is 2.85 bits per heavy atom. The van der Waals surface area contributed by atoms with E-state index in [4.69, 9.17) is 4.74 Å². The Labute approximate surface area is 120 Å². The van der Waals surface area contributed by atoms with E-state index in [-0.39, 0.29) is 5.41 Å². The van der Waals surface area contributed by atoms with Crippen molar-refractivity contribution in [1.82, 2.24) is 4.90 Å². The van der Waals surface area contributed by atoms with Crippen molar-refractivity contribution in [2.24, 2.45) is 5.92 Å². The van der Waals surface area contributed by atoms with Crippen LogP contribution in [0.2, 0.25) is 0 Å². The number of amides is 1. The minimum Gasteiger partial charge on any atom is -0.497 e. The summed E-state index contributed by atoms with van der Waals surface area (Å²) in [5.74, 6) is 1.65. The van der Waals surface area contributed by atoms with Crippen LogP contribution in [-0.2, 0) is 16.6 Å². The van der Waals surface area contributed by atoms with Gasteiger partial charge in [0.1, 0.15) is 5.75 Å². The lowest BCUT2D eigenvalue weighted by molar-refractivity contribution is -0.132. The molecule has 2 aliphatic rings. The van der Waals surface area contributed by atoms with Crippen LogP contribution in [0.3, 0.4) is 0 Å². The largest absolute Gasteiger partial charge is 0.497 e. The number of likely N-dealkylation sites (N-methyl/N-ethyl adjacent to an activating group) is 1. The fourth-order valence-electron chi connectivity index (χ4n) is 4.10. The van der Waals surface area contributed by atoms with E-state index in [1.165, 1.54) is 11.1 Å². The lowest BCUT2D eigenvalue weighted by Gasteiger charge is -2.34.